The molecule has 1 aliphatic rings. The van der Waals surface area contributed by atoms with E-state index >= 15 is 4.39 Å². The van der Waals surface area contributed by atoms with Gasteiger partial charge < -0.3 is 4.90 Å². The Morgan fingerprint density at radius 3 is 2.82 bits per heavy atom. The third kappa shape index (κ3) is 4.04. The van der Waals surface area contributed by atoms with E-state index in [4.69, 9.17) is 0 Å². The van der Waals surface area contributed by atoms with Gasteiger partial charge in [-0.15, -0.1) is 0 Å². The Kier molecular flexibility index (Phi) is 5.50. The molecule has 1 aliphatic heterocycles. The zero-order chi connectivity index (χ0) is 22.9. The van der Waals surface area contributed by atoms with Gasteiger partial charge in [0.05, 0.1) is 11.2 Å². The Labute approximate surface area is 189 Å². The largest absolute Gasteiger partial charge is 0.348 e. The van der Waals surface area contributed by atoms with Crippen molar-refractivity contribution in [1.82, 2.24) is 24.6 Å². The lowest BCUT2D eigenvalue weighted by molar-refractivity contribution is -0.129. The number of carbonyl (C=O) groups excluding carboxylic acids is 1. The predicted octanol–water partition coefficient (Wildman–Crippen LogP) is 3.72. The molecule has 0 radical (unpaired) electrons. The monoisotopic (exact) mass is 445 g/mol. The van der Waals surface area contributed by atoms with E-state index in [0.29, 0.717) is 37.3 Å². The molecule has 168 valence electrons. The number of amides is 1. The number of nitrogens with one attached hydrogen (secondary N) is 1. The first-order chi connectivity index (χ1) is 16.0. The Bertz CT molecular complexity index is 1390. The first kappa shape index (κ1) is 21.1. The lowest BCUT2D eigenvalue weighted by Crippen LogP contribution is -2.28. The van der Waals surface area contributed by atoms with Crippen LogP contribution in [0.15, 0.2) is 59.5 Å². The topological polar surface area (TPSA) is 83.9 Å². The summed E-state index contributed by atoms with van der Waals surface area (Å²) in [5.41, 5.74) is 2.06. The number of fused-ring (bicyclic) bond motifs is 1. The van der Waals surface area contributed by atoms with Crippen LogP contribution in [0.25, 0.3) is 27.7 Å². The Hall–Kier alpha value is -3.81. The van der Waals surface area contributed by atoms with Crippen LogP contribution in [0.1, 0.15) is 25.6 Å². The van der Waals surface area contributed by atoms with Crippen molar-refractivity contribution in [2.75, 3.05) is 13.1 Å². The van der Waals surface area contributed by atoms with Gasteiger partial charge >= 0.3 is 5.69 Å². The van der Waals surface area contributed by atoms with Gasteiger partial charge in [-0.3, -0.25) is 9.78 Å². The van der Waals surface area contributed by atoms with Gasteiger partial charge in [-0.05, 0) is 47.7 Å². The fourth-order valence-electron chi connectivity index (χ4n) is 4.54. The third-order valence-corrected chi connectivity index (χ3v) is 6.28. The minimum absolute atomic E-state index is 0.127. The number of carbonyl (C=O) groups is 1. The highest BCUT2D eigenvalue weighted by molar-refractivity contribution is 5.84. The molecule has 2 aromatic carbocycles. The summed E-state index contributed by atoms with van der Waals surface area (Å²) in [4.78, 5) is 30.7. The number of aromatic amines is 1. The molecule has 4 aromatic rings. The number of hydrogen-bond acceptors (Lipinski definition) is 4. The summed E-state index contributed by atoms with van der Waals surface area (Å²) in [6, 6.07) is 14.5. The van der Waals surface area contributed by atoms with Crippen molar-refractivity contribution in [2.45, 2.75) is 26.2 Å². The van der Waals surface area contributed by atoms with Crippen molar-refractivity contribution in [1.29, 1.82) is 0 Å². The SMILES string of the molecule is CCC(=O)N1CCC(Cc2n[nH]c(=O)n2-c2ccc(-c3ccc4cccnc4c3)cc2F)C1. The van der Waals surface area contributed by atoms with Gasteiger partial charge in [0.25, 0.3) is 0 Å². The summed E-state index contributed by atoms with van der Waals surface area (Å²) < 4.78 is 16.5. The summed E-state index contributed by atoms with van der Waals surface area (Å²) in [7, 11) is 0. The summed E-state index contributed by atoms with van der Waals surface area (Å²) in [5.74, 6) is 0.272. The van der Waals surface area contributed by atoms with Crippen LogP contribution < -0.4 is 5.69 Å². The van der Waals surface area contributed by atoms with Gasteiger partial charge in [0.15, 0.2) is 0 Å². The minimum atomic E-state index is -0.507. The molecule has 1 saturated heterocycles. The Morgan fingerprint density at radius 2 is 2.00 bits per heavy atom. The molecule has 8 heteroatoms. The average molecular weight is 445 g/mol. The number of benzene rings is 2. The number of aromatic nitrogens is 4. The standard InChI is InChI=1S/C25H24FN5O2/c1-2-24(32)30-11-9-16(15-30)12-23-28-29-25(33)31(23)22-8-7-18(13-20(22)26)19-6-5-17-4-3-10-27-21(17)14-19/h3-8,10,13-14,16H,2,9,11-12,15H2,1H3,(H,29,33). The zero-order valence-electron chi connectivity index (χ0n) is 18.3. The van der Waals surface area contributed by atoms with Gasteiger partial charge in [-0.1, -0.05) is 31.2 Å². The highest BCUT2D eigenvalue weighted by atomic mass is 19.1. The zero-order valence-corrected chi connectivity index (χ0v) is 18.3. The summed E-state index contributed by atoms with van der Waals surface area (Å²) in [5, 5.41) is 7.61. The highest BCUT2D eigenvalue weighted by Gasteiger charge is 2.27. The maximum Gasteiger partial charge on any atom is 0.348 e. The molecule has 0 spiro atoms. The predicted molar refractivity (Wildman–Crippen MR) is 124 cm³/mol. The van der Waals surface area contributed by atoms with Crippen molar-refractivity contribution in [3.05, 3.63) is 76.9 Å². The number of nitrogens with zero attached hydrogens (tertiary/aromatic N) is 4. The molecule has 1 fully saturated rings. The first-order valence-corrected chi connectivity index (χ1v) is 11.1. The van der Waals surface area contributed by atoms with E-state index in [1.807, 2.05) is 42.2 Å². The van der Waals surface area contributed by atoms with Crippen LogP contribution in [0, 0.1) is 11.7 Å². The van der Waals surface area contributed by atoms with E-state index in [1.165, 1.54) is 10.6 Å². The summed E-state index contributed by atoms with van der Waals surface area (Å²) in [6.45, 7) is 3.18. The molecule has 1 amide bonds. The maximum atomic E-state index is 15.2. The van der Waals surface area contributed by atoms with Crippen LogP contribution >= 0.6 is 0 Å². The molecule has 1 N–H and O–H groups in total. The lowest BCUT2D eigenvalue weighted by Gasteiger charge is -2.15. The molecular weight excluding hydrogens is 421 g/mol. The van der Waals surface area contributed by atoms with Gasteiger partial charge in [0, 0.05) is 37.5 Å². The van der Waals surface area contributed by atoms with Gasteiger partial charge in [-0.2, -0.15) is 5.10 Å². The summed E-state index contributed by atoms with van der Waals surface area (Å²) >= 11 is 0. The molecule has 0 saturated carbocycles. The Balaban J connectivity index is 1.43. The van der Waals surface area contributed by atoms with E-state index in [9.17, 15) is 9.59 Å². The molecule has 1 atom stereocenters. The molecule has 2 aromatic heterocycles. The van der Waals surface area contributed by atoms with E-state index in [-0.39, 0.29) is 17.5 Å². The highest BCUT2D eigenvalue weighted by Crippen LogP contribution is 2.27. The average Bonchev–Trinajstić information content (AvgIpc) is 3.45. The van der Waals surface area contributed by atoms with Crippen LogP contribution in [0.4, 0.5) is 4.39 Å². The van der Waals surface area contributed by atoms with Crippen molar-refractivity contribution in [3.8, 4) is 16.8 Å². The lowest BCUT2D eigenvalue weighted by atomic mass is 10.0. The number of rotatable bonds is 5. The Morgan fingerprint density at radius 1 is 1.18 bits per heavy atom. The molecular formula is C25H24FN5O2. The number of likely N-dealkylation sites (tertiary alicyclic amines) is 1. The molecule has 1 unspecified atom stereocenters. The van der Waals surface area contributed by atoms with Crippen LogP contribution in [0.3, 0.4) is 0 Å². The van der Waals surface area contributed by atoms with E-state index in [0.717, 1.165) is 22.9 Å². The molecule has 33 heavy (non-hydrogen) atoms. The van der Waals surface area contributed by atoms with Gasteiger partial charge in [0.2, 0.25) is 5.91 Å². The fraction of sp³-hybridized carbons (Fsp3) is 0.280. The van der Waals surface area contributed by atoms with Crippen LogP contribution in [0.2, 0.25) is 0 Å². The van der Waals surface area contributed by atoms with E-state index < -0.39 is 11.5 Å². The molecule has 5 rings (SSSR count). The molecule has 7 nitrogen and oxygen atoms in total. The van der Waals surface area contributed by atoms with E-state index in [2.05, 4.69) is 15.2 Å². The van der Waals surface area contributed by atoms with Crippen LogP contribution in [0.5, 0.6) is 0 Å². The van der Waals surface area contributed by atoms with Gasteiger partial charge in [0.1, 0.15) is 11.6 Å². The van der Waals surface area contributed by atoms with Crippen molar-refractivity contribution in [2.24, 2.45) is 5.92 Å². The molecule has 0 aliphatic carbocycles. The second-order valence-corrected chi connectivity index (χ2v) is 8.41. The fourth-order valence-corrected chi connectivity index (χ4v) is 4.54. The quantitative estimate of drug-likeness (QED) is 0.508. The number of hydrogen-bond donors (Lipinski definition) is 1. The smallest absolute Gasteiger partial charge is 0.342 e. The minimum Gasteiger partial charge on any atom is -0.342 e. The number of pyridine rings is 1. The van der Waals surface area contributed by atoms with Crippen molar-refractivity contribution >= 4 is 16.8 Å². The van der Waals surface area contributed by atoms with Crippen LogP contribution in [-0.2, 0) is 11.2 Å². The molecule has 3 heterocycles. The normalized spacial score (nSPS) is 15.9. The van der Waals surface area contributed by atoms with Crippen molar-refractivity contribution in [3.63, 3.8) is 0 Å². The van der Waals surface area contributed by atoms with E-state index in [1.54, 1.807) is 18.3 Å². The number of halogens is 1. The van der Waals surface area contributed by atoms with Gasteiger partial charge in [-0.25, -0.2) is 18.9 Å². The summed E-state index contributed by atoms with van der Waals surface area (Å²) in [6.07, 6.45) is 3.53. The second-order valence-electron chi connectivity index (χ2n) is 8.41. The number of H-pyrrole nitrogens is 1. The first-order valence-electron chi connectivity index (χ1n) is 11.1. The molecule has 0 bridgehead atoms. The maximum absolute atomic E-state index is 15.2. The van der Waals surface area contributed by atoms with Crippen LogP contribution in [-0.4, -0.2) is 43.6 Å². The third-order valence-electron chi connectivity index (χ3n) is 6.28. The second kappa shape index (κ2) is 8.61. The van der Waals surface area contributed by atoms with Crippen molar-refractivity contribution < 1.29 is 9.18 Å².